The van der Waals surface area contributed by atoms with E-state index in [-0.39, 0.29) is 12.3 Å². The number of allylic oxidation sites excluding steroid dienone is 1. The Morgan fingerprint density at radius 1 is 0.510 bits per heavy atom. The highest BCUT2D eigenvalue weighted by atomic mass is 16.8. The molecule has 2 amide bonds. The number of rotatable bonds is 49. The van der Waals surface area contributed by atoms with E-state index in [1.807, 2.05) is 6.08 Å². The van der Waals surface area contributed by atoms with E-state index in [1.54, 1.807) is 6.08 Å². The third kappa shape index (κ3) is 26.7. The highest BCUT2D eigenvalue weighted by Gasteiger charge is 2.61. The standard InChI is InChI=1S/C69H124N2O31/c1-4-6-8-10-12-14-16-18-20-22-24-26-28-30-41(78)40(71-48(81)31-29-27-25-23-21-19-17-15-13-11-9-7-5-2)38-93-65-56(88)55(87)59(47(37-76)97-65)98-66-57(89)61(53(85)45(35-74)95-66)100-64-49(70-39(3)77)60(52(84)44(34-73)94-64)99-67-58(90)63(54(86)46(36-75)96-67)102-69(68(91)92)32-42(79)50(82)62(101-69)51(83)43(80)33-72/h28,30,40-47,49-67,72-76,78-80,82-90H,4-27,29,31-38H2,1-3H3,(H,70,77)(H,71,81)(H,91,92)/b30-28+/t40-,41+,42?,43+,44?,45?,46?,47?,49?,50+,51+,52+,53-,54-,55+,56?,57?,58?,59+,60+,61-,62?,63-,64-,65+,66-,67-,69-/m0/s1. The summed E-state index contributed by atoms with van der Waals surface area (Å²) in [6.07, 6.45) is -20.1. The highest BCUT2D eigenvalue weighted by molar-refractivity contribution is 5.76. The molecule has 5 aliphatic rings. The molecule has 0 aromatic heterocycles. The fraction of sp³-hybridized carbons (Fsp3) is 0.928. The van der Waals surface area contributed by atoms with Gasteiger partial charge in [0.15, 0.2) is 25.2 Å². The highest BCUT2D eigenvalue weighted by Crippen LogP contribution is 2.40. The average molecular weight is 1480 g/mol. The van der Waals surface area contributed by atoms with Gasteiger partial charge >= 0.3 is 5.97 Å². The molecule has 0 bridgehead atoms. The number of aliphatic hydroxyl groups excluding tert-OH is 17. The first kappa shape index (κ1) is 89.7. The third-order valence-corrected chi connectivity index (χ3v) is 19.7. The predicted molar refractivity (Wildman–Crippen MR) is 358 cm³/mol. The number of carboxylic acid groups (broad SMARTS) is 1. The second-order valence-electron chi connectivity index (χ2n) is 27.8. The number of carbonyl (C=O) groups is 3. The molecule has 5 heterocycles. The van der Waals surface area contributed by atoms with Gasteiger partial charge in [0.2, 0.25) is 11.8 Å². The van der Waals surface area contributed by atoms with Gasteiger partial charge < -0.3 is 150 Å². The van der Waals surface area contributed by atoms with Gasteiger partial charge in [-0.1, -0.05) is 167 Å². The van der Waals surface area contributed by atoms with Crippen molar-refractivity contribution in [2.24, 2.45) is 0 Å². The largest absolute Gasteiger partial charge is 0.477 e. The molecule has 5 aliphatic heterocycles. The van der Waals surface area contributed by atoms with Crippen molar-refractivity contribution in [3.63, 3.8) is 0 Å². The number of hydrogen-bond acceptors (Lipinski definition) is 30. The minimum Gasteiger partial charge on any atom is -0.477 e. The average Bonchev–Trinajstić information content (AvgIpc) is 0.764. The summed E-state index contributed by atoms with van der Waals surface area (Å²) in [5.41, 5.74) is 0. The van der Waals surface area contributed by atoms with Gasteiger partial charge in [-0.3, -0.25) is 9.59 Å². The van der Waals surface area contributed by atoms with Crippen molar-refractivity contribution in [2.75, 3.05) is 39.6 Å². The molecule has 0 aromatic rings. The number of carbonyl (C=O) groups excluding carboxylic acids is 2. The van der Waals surface area contributed by atoms with Crippen LogP contribution in [-0.2, 0) is 61.8 Å². The first-order valence-corrected chi connectivity index (χ1v) is 37.1. The van der Waals surface area contributed by atoms with Crippen molar-refractivity contribution < 1.29 is 154 Å². The molecule has 20 N–H and O–H groups in total. The number of nitrogens with one attached hydrogen (secondary N) is 2. The summed E-state index contributed by atoms with van der Waals surface area (Å²) in [6.45, 7) is -0.403. The summed E-state index contributed by atoms with van der Waals surface area (Å²) in [5.74, 6) is -6.57. The smallest absolute Gasteiger partial charge is 0.364 e. The van der Waals surface area contributed by atoms with Gasteiger partial charge in [-0.25, -0.2) is 4.79 Å². The van der Waals surface area contributed by atoms with Crippen LogP contribution in [-0.4, -0.2) is 321 Å². The summed E-state index contributed by atoms with van der Waals surface area (Å²) < 4.78 is 58.4. The summed E-state index contributed by atoms with van der Waals surface area (Å²) in [4.78, 5) is 39.5. The number of hydrogen-bond donors (Lipinski definition) is 20. The van der Waals surface area contributed by atoms with Crippen LogP contribution in [0.5, 0.6) is 0 Å². The lowest BCUT2D eigenvalue weighted by Crippen LogP contribution is -2.71. The van der Waals surface area contributed by atoms with Crippen LogP contribution < -0.4 is 10.6 Å². The lowest BCUT2D eigenvalue weighted by molar-refractivity contribution is -0.392. The predicted octanol–water partition coefficient (Wildman–Crippen LogP) is -1.97. The molecule has 102 heavy (non-hydrogen) atoms. The topological polar surface area (TPSA) is 532 Å². The summed E-state index contributed by atoms with van der Waals surface area (Å²) in [6, 6.07) is -2.97. The van der Waals surface area contributed by atoms with Crippen LogP contribution in [0.15, 0.2) is 12.2 Å². The molecule has 33 nitrogen and oxygen atoms in total. The number of ether oxygens (including phenoxy) is 10. The fourth-order valence-electron chi connectivity index (χ4n) is 13.5. The zero-order chi connectivity index (χ0) is 75.1. The van der Waals surface area contributed by atoms with Gasteiger partial charge in [0, 0.05) is 19.8 Å². The number of unbranched alkanes of at least 4 members (excludes halogenated alkanes) is 23. The van der Waals surface area contributed by atoms with Gasteiger partial charge in [0.05, 0.1) is 57.9 Å². The molecular weight excluding hydrogens is 1350 g/mol. The van der Waals surface area contributed by atoms with Crippen molar-refractivity contribution in [1.82, 2.24) is 10.6 Å². The Bertz CT molecular complexity index is 2340. The van der Waals surface area contributed by atoms with E-state index in [4.69, 9.17) is 47.4 Å². The quantitative estimate of drug-likeness (QED) is 0.0232. The molecule has 0 saturated carbocycles. The maximum absolute atomic E-state index is 13.5. The Balaban J connectivity index is 1.28. The second kappa shape index (κ2) is 47.1. The Morgan fingerprint density at radius 2 is 0.951 bits per heavy atom. The van der Waals surface area contributed by atoms with E-state index >= 15 is 0 Å². The second-order valence-corrected chi connectivity index (χ2v) is 27.8. The van der Waals surface area contributed by atoms with E-state index in [2.05, 4.69) is 24.5 Å². The number of aliphatic carboxylic acids is 1. The zero-order valence-electron chi connectivity index (χ0n) is 59.4. The monoisotopic (exact) mass is 1480 g/mol. The van der Waals surface area contributed by atoms with Gasteiger partial charge in [-0.2, -0.15) is 0 Å². The summed E-state index contributed by atoms with van der Waals surface area (Å²) in [5, 5.41) is 203. The van der Waals surface area contributed by atoms with Crippen LogP contribution in [0.4, 0.5) is 0 Å². The van der Waals surface area contributed by atoms with E-state index in [0.717, 1.165) is 58.3 Å². The van der Waals surface area contributed by atoms with Crippen LogP contribution >= 0.6 is 0 Å². The van der Waals surface area contributed by atoms with Gasteiger partial charge in [0.1, 0.15) is 122 Å². The van der Waals surface area contributed by atoms with Crippen molar-refractivity contribution in [2.45, 2.75) is 365 Å². The Hall–Kier alpha value is -2.93. The molecule has 596 valence electrons. The SMILES string of the molecule is CCCCCCCCCCCCC/C=C/[C@@H](O)[C@H](CO[C@@H]1OC(CO)[C@@H](O[C@@H]2OC(CO)[C@H](O)[C@H](O[C@@H]3OC(CO)[C@@H](O)[C@H](O[C@@H]4OC(CO)[C@H](O)[C@H](O[C@]5(C(=O)O)CC(O)[C@@H](O)C([C@H](O)[C@H](O)CO)O5)C4O)C3NC(C)=O)C2O)[C@H](O)C1O)NC(=O)CCCCCCCCCCCCCCC. The van der Waals surface area contributed by atoms with Gasteiger partial charge in [-0.15, -0.1) is 0 Å². The molecule has 28 atom stereocenters. The van der Waals surface area contributed by atoms with Crippen LogP contribution in [0.3, 0.4) is 0 Å². The van der Waals surface area contributed by atoms with E-state index < -0.39 is 229 Å². The van der Waals surface area contributed by atoms with Crippen LogP contribution in [0.2, 0.25) is 0 Å². The molecule has 0 aromatic carbocycles. The molecule has 33 heteroatoms. The number of aliphatic hydroxyl groups is 17. The molecule has 10 unspecified atom stereocenters. The summed E-state index contributed by atoms with van der Waals surface area (Å²) in [7, 11) is 0. The molecule has 5 saturated heterocycles. The van der Waals surface area contributed by atoms with E-state index in [9.17, 15) is 106 Å². The van der Waals surface area contributed by atoms with Crippen molar-refractivity contribution >= 4 is 17.8 Å². The molecule has 0 spiro atoms. The van der Waals surface area contributed by atoms with Gasteiger partial charge in [-0.05, 0) is 19.3 Å². The Labute approximate surface area is 597 Å². The first-order chi connectivity index (χ1) is 48.9. The van der Waals surface area contributed by atoms with Crippen molar-refractivity contribution in [1.29, 1.82) is 0 Å². The Morgan fingerprint density at radius 3 is 1.44 bits per heavy atom. The minimum atomic E-state index is -3.21. The number of carboxylic acids is 1. The van der Waals surface area contributed by atoms with Crippen molar-refractivity contribution in [3.8, 4) is 0 Å². The Kier molecular flexibility index (Phi) is 41.4. The maximum atomic E-state index is 13.5. The van der Waals surface area contributed by atoms with E-state index in [1.165, 1.54) is 96.3 Å². The van der Waals surface area contributed by atoms with E-state index in [0.29, 0.717) is 12.8 Å². The maximum Gasteiger partial charge on any atom is 0.364 e. The molecule has 5 rings (SSSR count). The first-order valence-electron chi connectivity index (χ1n) is 37.1. The fourth-order valence-corrected chi connectivity index (χ4v) is 13.5. The lowest BCUT2D eigenvalue weighted by Gasteiger charge is -2.51. The molecule has 5 fully saturated rings. The van der Waals surface area contributed by atoms with Gasteiger partial charge in [0.25, 0.3) is 5.79 Å². The van der Waals surface area contributed by atoms with Crippen molar-refractivity contribution in [3.05, 3.63) is 12.2 Å². The minimum absolute atomic E-state index is 0.170. The van der Waals surface area contributed by atoms with Crippen LogP contribution in [0, 0.1) is 0 Å². The molecule has 0 radical (unpaired) electrons. The van der Waals surface area contributed by atoms with Crippen LogP contribution in [0.25, 0.3) is 0 Å². The van der Waals surface area contributed by atoms with Crippen LogP contribution in [0.1, 0.15) is 194 Å². The third-order valence-electron chi connectivity index (χ3n) is 19.7. The normalized spacial score (nSPS) is 35.8. The lowest BCUT2D eigenvalue weighted by atomic mass is 9.90. The molecule has 0 aliphatic carbocycles. The number of amides is 2. The zero-order valence-corrected chi connectivity index (χ0v) is 59.4. The summed E-state index contributed by atoms with van der Waals surface area (Å²) >= 11 is 0. The molecular formula is C69H124N2O31.